The molecule has 2 aliphatic rings. The van der Waals surface area contributed by atoms with Crippen molar-refractivity contribution in [2.75, 3.05) is 6.54 Å². The van der Waals surface area contributed by atoms with Gasteiger partial charge in [0.05, 0.1) is 12.1 Å². The summed E-state index contributed by atoms with van der Waals surface area (Å²) in [6.45, 7) is 4.94. The Morgan fingerprint density at radius 1 is 1.21 bits per heavy atom. The fourth-order valence-corrected chi connectivity index (χ4v) is 3.09. The Morgan fingerprint density at radius 2 is 1.91 bits per heavy atom. The van der Waals surface area contributed by atoms with Gasteiger partial charge in [-0.3, -0.25) is 15.2 Å². The highest BCUT2D eigenvalue weighted by Gasteiger charge is 2.33. The number of carbonyl (C=O) groups is 2. The lowest BCUT2D eigenvalue weighted by Gasteiger charge is -2.26. The van der Waals surface area contributed by atoms with E-state index < -0.39 is 29.2 Å². The molecule has 2 rings (SSSR count). The average molecular weight is 484 g/mol. The summed E-state index contributed by atoms with van der Waals surface area (Å²) >= 11 is 6.07. The van der Waals surface area contributed by atoms with Crippen LogP contribution in [0.25, 0.3) is 0 Å². The summed E-state index contributed by atoms with van der Waals surface area (Å²) in [7, 11) is 0. The fraction of sp³-hybridized carbons (Fsp3) is 0.364. The second kappa shape index (κ2) is 10.7. The third kappa shape index (κ3) is 8.05. The Hall–Kier alpha value is -3.14. The van der Waals surface area contributed by atoms with Crippen LogP contribution in [0.1, 0.15) is 33.6 Å². The van der Waals surface area contributed by atoms with Gasteiger partial charge in [0, 0.05) is 40.7 Å². The molecule has 1 aliphatic heterocycles. The van der Waals surface area contributed by atoms with Crippen LogP contribution in [0, 0.1) is 5.41 Å². The van der Waals surface area contributed by atoms with Gasteiger partial charge in [-0.05, 0) is 45.4 Å². The minimum absolute atomic E-state index is 0.0476. The molecule has 178 valence electrons. The largest absolute Gasteiger partial charge is 0.416 e. The summed E-state index contributed by atoms with van der Waals surface area (Å²) in [5.41, 5.74) is -1.02. The van der Waals surface area contributed by atoms with Gasteiger partial charge in [0.1, 0.15) is 5.84 Å². The molecule has 0 atom stereocenters. The molecular formula is C22H25ClF3N5O2. The first-order valence-corrected chi connectivity index (χ1v) is 10.4. The maximum atomic E-state index is 13.1. The van der Waals surface area contributed by atoms with Crippen LogP contribution < -0.4 is 10.6 Å². The molecule has 0 radical (unpaired) electrons. The third-order valence-corrected chi connectivity index (χ3v) is 4.50. The van der Waals surface area contributed by atoms with Crippen molar-refractivity contribution >= 4 is 35.6 Å². The molecule has 0 unspecified atom stereocenters. The molecular weight excluding hydrogens is 459 g/mol. The molecule has 33 heavy (non-hydrogen) atoms. The van der Waals surface area contributed by atoms with Crippen molar-refractivity contribution in [1.82, 2.24) is 15.5 Å². The number of allylic oxidation sites excluding steroid dienone is 7. The lowest BCUT2D eigenvalue weighted by molar-refractivity contribution is -0.121. The highest BCUT2D eigenvalue weighted by atomic mass is 35.5. The van der Waals surface area contributed by atoms with E-state index in [1.807, 2.05) is 0 Å². The van der Waals surface area contributed by atoms with Gasteiger partial charge < -0.3 is 10.6 Å². The number of nitrogens with zero attached hydrogens (tertiary/aromatic N) is 2. The van der Waals surface area contributed by atoms with Gasteiger partial charge in [-0.15, -0.1) is 0 Å². The highest BCUT2D eigenvalue weighted by Crippen LogP contribution is 2.30. The number of halogens is 4. The van der Waals surface area contributed by atoms with E-state index in [1.54, 1.807) is 20.8 Å². The van der Waals surface area contributed by atoms with Crippen molar-refractivity contribution in [3.63, 3.8) is 0 Å². The van der Waals surface area contributed by atoms with E-state index in [2.05, 4.69) is 15.6 Å². The predicted octanol–water partition coefficient (Wildman–Crippen LogP) is 4.70. The van der Waals surface area contributed by atoms with E-state index in [1.165, 1.54) is 24.6 Å². The standard InChI is InChI=1S/C22H25ClF3N5O2/c1-21(2,3)30-18(32)13-29-20(33)31(19(27)14-9-10-28-12-16(23)11-14)17-6-4-5-15(7-8-17)22(24,25)26/h5-10,12,27H,4,11,13H2,1-3H3,(H,29,33)(H,30,32). The number of rotatable bonds is 4. The van der Waals surface area contributed by atoms with E-state index in [4.69, 9.17) is 17.0 Å². The minimum Gasteiger partial charge on any atom is -0.350 e. The topological polar surface area (TPSA) is 97.7 Å². The summed E-state index contributed by atoms with van der Waals surface area (Å²) < 4.78 is 39.4. The molecule has 1 heterocycles. The van der Waals surface area contributed by atoms with Crippen LogP contribution in [0.3, 0.4) is 0 Å². The summed E-state index contributed by atoms with van der Waals surface area (Å²) in [6.07, 6.45) is 4.03. The number of amidine groups is 1. The number of urea groups is 1. The molecule has 0 saturated carbocycles. The van der Waals surface area contributed by atoms with Crippen LogP contribution in [0.15, 0.2) is 63.4 Å². The first-order valence-electron chi connectivity index (χ1n) is 9.98. The van der Waals surface area contributed by atoms with Crippen molar-refractivity contribution in [2.45, 2.75) is 45.3 Å². The highest BCUT2D eigenvalue weighted by molar-refractivity contribution is 6.30. The molecule has 3 N–H and O–H groups in total. The van der Waals surface area contributed by atoms with Crippen molar-refractivity contribution < 1.29 is 22.8 Å². The van der Waals surface area contributed by atoms with Crippen LogP contribution >= 0.6 is 11.6 Å². The zero-order valence-electron chi connectivity index (χ0n) is 18.4. The molecule has 0 spiro atoms. The van der Waals surface area contributed by atoms with Crippen molar-refractivity contribution in [2.24, 2.45) is 4.99 Å². The van der Waals surface area contributed by atoms with Crippen LogP contribution in [0.2, 0.25) is 0 Å². The first kappa shape index (κ1) is 26.1. The van der Waals surface area contributed by atoms with E-state index in [-0.39, 0.29) is 30.9 Å². The molecule has 11 heteroatoms. The Morgan fingerprint density at radius 3 is 2.55 bits per heavy atom. The number of carbonyl (C=O) groups excluding carboxylic acids is 2. The van der Waals surface area contributed by atoms with E-state index in [0.29, 0.717) is 10.6 Å². The van der Waals surface area contributed by atoms with Crippen LogP contribution in [-0.2, 0) is 4.79 Å². The number of alkyl halides is 3. The third-order valence-electron chi connectivity index (χ3n) is 4.27. The SMILES string of the molecule is CC(C)(C)NC(=O)CNC(=O)N(C(=N)C1=CC=NC=C(Cl)C1)C1=CCC=C(C(F)(F)F)C=C1. The smallest absolute Gasteiger partial charge is 0.350 e. The van der Waals surface area contributed by atoms with Crippen LogP contribution in [-0.4, -0.2) is 47.1 Å². The summed E-state index contributed by atoms with van der Waals surface area (Å²) in [5, 5.41) is 14.0. The minimum atomic E-state index is -4.55. The number of nitrogens with one attached hydrogen (secondary N) is 3. The average Bonchev–Trinajstić information content (AvgIpc) is 3.05. The first-order chi connectivity index (χ1) is 15.3. The molecule has 7 nitrogen and oxygen atoms in total. The Balaban J connectivity index is 2.31. The maximum absolute atomic E-state index is 13.1. The molecule has 1 aliphatic carbocycles. The van der Waals surface area contributed by atoms with Gasteiger partial charge in [0.15, 0.2) is 0 Å². The van der Waals surface area contributed by atoms with Crippen LogP contribution in [0.4, 0.5) is 18.0 Å². The molecule has 0 fully saturated rings. The number of hydrogen-bond acceptors (Lipinski definition) is 4. The monoisotopic (exact) mass is 483 g/mol. The number of hydrogen-bond donors (Lipinski definition) is 3. The second-order valence-corrected chi connectivity index (χ2v) is 8.72. The quantitative estimate of drug-likeness (QED) is 0.399. The second-order valence-electron chi connectivity index (χ2n) is 8.24. The Bertz CT molecular complexity index is 998. The number of aliphatic imine (C=N–C) groups is 1. The van der Waals surface area contributed by atoms with Gasteiger partial charge in [0.25, 0.3) is 0 Å². The van der Waals surface area contributed by atoms with Gasteiger partial charge in [-0.2, -0.15) is 13.2 Å². The molecule has 0 aromatic heterocycles. The molecule has 0 aromatic rings. The summed E-state index contributed by atoms with van der Waals surface area (Å²) in [5.74, 6) is -0.768. The zero-order valence-corrected chi connectivity index (χ0v) is 19.1. The van der Waals surface area contributed by atoms with Gasteiger partial charge in [0.2, 0.25) is 5.91 Å². The molecule has 0 saturated heterocycles. The van der Waals surface area contributed by atoms with Crippen LogP contribution in [0.5, 0.6) is 0 Å². The zero-order chi connectivity index (χ0) is 24.8. The predicted molar refractivity (Wildman–Crippen MR) is 122 cm³/mol. The lowest BCUT2D eigenvalue weighted by Crippen LogP contribution is -2.49. The lowest BCUT2D eigenvalue weighted by atomic mass is 10.1. The normalized spacial score (nSPS) is 16.5. The molecule has 0 bridgehead atoms. The fourth-order valence-electron chi connectivity index (χ4n) is 2.89. The van der Waals surface area contributed by atoms with Gasteiger partial charge in [-0.1, -0.05) is 23.8 Å². The summed E-state index contributed by atoms with van der Waals surface area (Å²) in [4.78, 5) is 30.0. The van der Waals surface area contributed by atoms with E-state index in [0.717, 1.165) is 23.1 Å². The summed E-state index contributed by atoms with van der Waals surface area (Å²) in [6, 6.07) is -0.849. The Labute approximate surface area is 195 Å². The van der Waals surface area contributed by atoms with Crippen molar-refractivity contribution in [1.29, 1.82) is 5.41 Å². The van der Waals surface area contributed by atoms with Crippen molar-refractivity contribution in [3.05, 3.63) is 58.5 Å². The maximum Gasteiger partial charge on any atom is 0.416 e. The molecule has 0 aromatic carbocycles. The van der Waals surface area contributed by atoms with E-state index in [9.17, 15) is 22.8 Å². The van der Waals surface area contributed by atoms with E-state index >= 15 is 0 Å². The number of amides is 3. The van der Waals surface area contributed by atoms with Gasteiger partial charge >= 0.3 is 12.2 Å². The Kier molecular flexibility index (Phi) is 8.43. The van der Waals surface area contributed by atoms with Crippen molar-refractivity contribution in [3.8, 4) is 0 Å². The van der Waals surface area contributed by atoms with Gasteiger partial charge in [-0.25, -0.2) is 9.69 Å². The molecule has 3 amide bonds.